The van der Waals surface area contributed by atoms with E-state index in [-0.39, 0.29) is 23.4 Å². The quantitative estimate of drug-likeness (QED) is 0.157. The van der Waals surface area contributed by atoms with Crippen LogP contribution < -0.4 is 5.09 Å². The molecule has 5 atom stereocenters. The van der Waals surface area contributed by atoms with Crippen LogP contribution in [-0.2, 0) is 18.6 Å². The highest BCUT2D eigenvalue weighted by Crippen LogP contribution is 2.46. The average molecular weight is 739 g/mol. The number of fused-ring (bicyclic) bond motifs is 2. The lowest BCUT2D eigenvalue weighted by Crippen LogP contribution is -2.44. The molecular weight excluding hydrogens is 709 g/mol. The number of nitrogens with one attached hydrogen (secondary N) is 1. The molecule has 2 aliphatic heterocycles. The first-order chi connectivity index (χ1) is 15.2. The Labute approximate surface area is 229 Å². The minimum absolute atomic E-state index is 0.111. The fraction of sp³-hybridized carbons (Fsp3) is 0.700. The summed E-state index contributed by atoms with van der Waals surface area (Å²) in [5.41, 5.74) is 0.708. The van der Waals surface area contributed by atoms with Gasteiger partial charge in [-0.2, -0.15) is 4.98 Å². The molecular formula is C20H30ClI2N4O4PSi. The third-order valence-electron chi connectivity index (χ3n) is 6.55. The van der Waals surface area contributed by atoms with Crippen molar-refractivity contribution in [2.24, 2.45) is 0 Å². The fourth-order valence-electron chi connectivity index (χ4n) is 3.88. The number of anilines is 1. The predicted octanol–water partition coefficient (Wildman–Crippen LogP) is 6.48. The first-order valence-corrected chi connectivity index (χ1v) is 19.2. The van der Waals surface area contributed by atoms with Gasteiger partial charge in [0.15, 0.2) is 20.3 Å². The highest BCUT2D eigenvalue weighted by molar-refractivity contribution is 14.2. The van der Waals surface area contributed by atoms with Gasteiger partial charge in [0, 0.05) is 16.1 Å². The summed E-state index contributed by atoms with van der Waals surface area (Å²) >= 11 is 11.0. The molecule has 0 saturated carbocycles. The van der Waals surface area contributed by atoms with Gasteiger partial charge in [0.25, 0.3) is 0 Å². The zero-order chi connectivity index (χ0) is 24.3. The lowest BCUT2D eigenvalue weighted by molar-refractivity contribution is -0.199. The van der Waals surface area contributed by atoms with Crippen LogP contribution in [0, 0.1) is 3.57 Å². The summed E-state index contributed by atoms with van der Waals surface area (Å²) in [5, 5.41) is 4.50. The van der Waals surface area contributed by atoms with Crippen LogP contribution in [0.25, 0.3) is 11.0 Å². The maximum Gasteiger partial charge on any atom is 0.229 e. The van der Waals surface area contributed by atoms with Crippen molar-refractivity contribution in [3.8, 4) is 0 Å². The Kier molecular flexibility index (Phi) is 7.70. The molecule has 2 aromatic rings. The van der Waals surface area contributed by atoms with Crippen LogP contribution in [0.15, 0.2) is 6.20 Å². The molecule has 184 valence electrons. The van der Waals surface area contributed by atoms with Crippen molar-refractivity contribution >= 4 is 87.9 Å². The maximum atomic E-state index is 6.56. The molecule has 2 fully saturated rings. The van der Waals surface area contributed by atoms with Gasteiger partial charge in [0.05, 0.1) is 12.0 Å². The van der Waals surface area contributed by atoms with Crippen molar-refractivity contribution in [2.45, 2.75) is 83.1 Å². The normalized spacial score (nSPS) is 27.7. The third-order valence-corrected chi connectivity index (χ3v) is 13.3. The molecule has 5 unspecified atom stereocenters. The van der Waals surface area contributed by atoms with E-state index < -0.39 is 20.3 Å². The molecule has 4 rings (SSSR count). The van der Waals surface area contributed by atoms with Gasteiger partial charge >= 0.3 is 0 Å². The van der Waals surface area contributed by atoms with Crippen molar-refractivity contribution in [1.29, 1.82) is 0 Å². The van der Waals surface area contributed by atoms with Crippen molar-refractivity contribution in [2.75, 3.05) is 11.7 Å². The van der Waals surface area contributed by atoms with E-state index in [0.717, 1.165) is 8.96 Å². The number of ether oxygens (including phenoxy) is 3. The molecule has 0 spiro atoms. The Balaban J connectivity index is 1.69. The van der Waals surface area contributed by atoms with E-state index in [4.69, 9.17) is 35.2 Å². The molecule has 8 nitrogen and oxygen atoms in total. The Morgan fingerprint density at radius 2 is 1.94 bits per heavy atom. The highest BCUT2D eigenvalue weighted by atomic mass is 127. The summed E-state index contributed by atoms with van der Waals surface area (Å²) in [6, 6.07) is 0. The van der Waals surface area contributed by atoms with Crippen molar-refractivity contribution in [3.63, 3.8) is 0 Å². The van der Waals surface area contributed by atoms with E-state index in [9.17, 15) is 0 Å². The second-order valence-electron chi connectivity index (χ2n) is 10.3. The standard InChI is InChI=1S/C20H30ClI2N4O4PSi/c1-19(2,3)33(6,7)28-9-11-13-14(31-20(4,5)30-13)17(29-11)27-8-10(22)12-15(21)24-18(26-32-23)25-16(12)27/h8,11,13-14,17,32H,9H2,1-7H3,(H,24,25,26). The summed E-state index contributed by atoms with van der Waals surface area (Å²) in [5.74, 6) is -0.211. The van der Waals surface area contributed by atoms with Crippen molar-refractivity contribution < 1.29 is 18.6 Å². The SMILES string of the molecule is CC1(C)OC2C(CO[Si](C)(C)C(C)(C)C)OC(n3cc(I)c4c(Cl)nc(NPI)nc43)C2O1. The van der Waals surface area contributed by atoms with Crippen LogP contribution in [-0.4, -0.2) is 53.6 Å². The van der Waals surface area contributed by atoms with Gasteiger partial charge < -0.3 is 28.3 Å². The second kappa shape index (κ2) is 9.51. The smallest absolute Gasteiger partial charge is 0.229 e. The summed E-state index contributed by atoms with van der Waals surface area (Å²) in [7, 11) is -1.95. The Bertz CT molecular complexity index is 1050. The minimum atomic E-state index is -1.95. The Morgan fingerprint density at radius 3 is 2.58 bits per heavy atom. The summed E-state index contributed by atoms with van der Waals surface area (Å²) < 4.78 is 28.7. The van der Waals surface area contributed by atoms with Crippen LogP contribution in [0.2, 0.25) is 23.3 Å². The van der Waals surface area contributed by atoms with E-state index in [0.29, 0.717) is 29.7 Å². The lowest BCUT2D eigenvalue weighted by Gasteiger charge is -2.37. The lowest BCUT2D eigenvalue weighted by atomic mass is 10.1. The van der Waals surface area contributed by atoms with E-state index in [1.165, 1.54) is 0 Å². The van der Waals surface area contributed by atoms with Crippen molar-refractivity contribution in [3.05, 3.63) is 14.9 Å². The van der Waals surface area contributed by atoms with Gasteiger partial charge in [-0.3, -0.25) is 0 Å². The van der Waals surface area contributed by atoms with Gasteiger partial charge in [-0.25, -0.2) is 4.98 Å². The van der Waals surface area contributed by atoms with Gasteiger partial charge in [-0.1, -0.05) is 32.4 Å². The monoisotopic (exact) mass is 738 g/mol. The third kappa shape index (κ3) is 5.22. The molecule has 2 aromatic heterocycles. The summed E-state index contributed by atoms with van der Waals surface area (Å²) in [4.78, 5) is 9.13. The molecule has 0 amide bonds. The first-order valence-electron chi connectivity index (χ1n) is 10.7. The van der Waals surface area contributed by atoms with Crippen molar-refractivity contribution in [1.82, 2.24) is 14.5 Å². The highest BCUT2D eigenvalue weighted by Gasteiger charge is 2.56. The maximum absolute atomic E-state index is 6.56. The van der Waals surface area contributed by atoms with Crippen LogP contribution in [0.1, 0.15) is 40.8 Å². The van der Waals surface area contributed by atoms with Gasteiger partial charge in [-0.15, -0.1) is 0 Å². The number of rotatable bonds is 6. The average Bonchev–Trinajstić information content (AvgIpc) is 3.28. The minimum Gasteiger partial charge on any atom is -0.414 e. The molecule has 13 heteroatoms. The number of hydrogen-bond donors (Lipinski definition) is 1. The van der Waals surface area contributed by atoms with Gasteiger partial charge in [0.1, 0.15) is 29.1 Å². The second-order valence-corrected chi connectivity index (χ2v) is 18.7. The molecule has 2 aliphatic rings. The number of nitrogens with zero attached hydrogens (tertiary/aromatic N) is 3. The first kappa shape index (κ1) is 26.7. The molecule has 33 heavy (non-hydrogen) atoms. The number of halogens is 3. The number of hydrogen-bond acceptors (Lipinski definition) is 7. The van der Waals surface area contributed by atoms with E-state index >= 15 is 0 Å². The van der Waals surface area contributed by atoms with Gasteiger partial charge in [-0.05, 0) is 76.6 Å². The Morgan fingerprint density at radius 1 is 1.27 bits per heavy atom. The molecule has 1 N–H and O–H groups in total. The molecule has 0 radical (unpaired) electrons. The molecule has 2 saturated heterocycles. The number of aromatic nitrogens is 3. The van der Waals surface area contributed by atoms with E-state index in [2.05, 4.69) is 88.6 Å². The van der Waals surface area contributed by atoms with Crippen LogP contribution in [0.5, 0.6) is 0 Å². The van der Waals surface area contributed by atoms with Crippen LogP contribution in [0.4, 0.5) is 5.95 Å². The summed E-state index contributed by atoms with van der Waals surface area (Å²) in [6.45, 7) is 15.5. The summed E-state index contributed by atoms with van der Waals surface area (Å²) in [6.07, 6.45) is 1.22. The van der Waals surface area contributed by atoms with E-state index in [1.807, 2.05) is 24.6 Å². The van der Waals surface area contributed by atoms with Crippen LogP contribution in [0.3, 0.4) is 0 Å². The molecule has 0 aliphatic carbocycles. The largest absolute Gasteiger partial charge is 0.414 e. The Hall–Kier alpha value is 0.657. The zero-order valence-electron chi connectivity index (χ0n) is 19.7. The van der Waals surface area contributed by atoms with E-state index in [1.54, 1.807) is 0 Å². The molecule has 0 aromatic carbocycles. The fourth-order valence-corrected chi connectivity index (χ4v) is 7.04. The van der Waals surface area contributed by atoms with Gasteiger partial charge in [0.2, 0.25) is 5.95 Å². The topological polar surface area (TPSA) is 79.7 Å². The molecule has 0 bridgehead atoms. The predicted molar refractivity (Wildman–Crippen MR) is 152 cm³/mol. The zero-order valence-corrected chi connectivity index (χ0v) is 26.8. The molecule has 4 heterocycles. The van der Waals surface area contributed by atoms with Crippen LogP contribution >= 0.6 is 62.6 Å².